The van der Waals surface area contributed by atoms with E-state index in [0.717, 1.165) is 11.4 Å². The van der Waals surface area contributed by atoms with Gasteiger partial charge in [0.05, 0.1) is 17.6 Å². The molecule has 0 aromatic carbocycles. The predicted molar refractivity (Wildman–Crippen MR) is 63.7 cm³/mol. The maximum atomic E-state index is 5.43. The fraction of sp³-hybridized carbons (Fsp3) is 0.111. The van der Waals surface area contributed by atoms with E-state index in [1.54, 1.807) is 17.1 Å². The second kappa shape index (κ2) is 6.40. The monoisotopic (exact) mass is 246 g/mol. The number of pyridine rings is 1. The van der Waals surface area contributed by atoms with Crippen molar-refractivity contribution in [2.24, 2.45) is 5.73 Å². The molecule has 0 radical (unpaired) electrons. The number of nitrogens with zero attached hydrogens (tertiary/aromatic N) is 3. The van der Waals surface area contributed by atoms with E-state index in [0.29, 0.717) is 6.54 Å². The third-order valence-electron chi connectivity index (χ3n) is 1.79. The van der Waals surface area contributed by atoms with Crippen LogP contribution in [0.25, 0.3) is 5.69 Å². The minimum atomic E-state index is 0. The summed E-state index contributed by atoms with van der Waals surface area (Å²) < 4.78 is 1.76. The highest BCUT2D eigenvalue weighted by Crippen LogP contribution is 2.04. The Balaban J connectivity index is 0.000000980. The van der Waals surface area contributed by atoms with E-state index in [9.17, 15) is 0 Å². The third-order valence-corrected chi connectivity index (χ3v) is 1.79. The molecule has 2 N–H and O–H groups in total. The number of halogens is 2. The Morgan fingerprint density at radius 3 is 2.53 bits per heavy atom. The summed E-state index contributed by atoms with van der Waals surface area (Å²) in [7, 11) is 0. The summed E-state index contributed by atoms with van der Waals surface area (Å²) in [4.78, 5) is 4.17. The van der Waals surface area contributed by atoms with Crippen LogP contribution in [0.1, 0.15) is 5.69 Å². The lowest BCUT2D eigenvalue weighted by Crippen LogP contribution is -2.01. The van der Waals surface area contributed by atoms with E-state index >= 15 is 0 Å². The van der Waals surface area contributed by atoms with E-state index in [-0.39, 0.29) is 24.8 Å². The van der Waals surface area contributed by atoms with Crippen molar-refractivity contribution in [3.63, 3.8) is 0 Å². The molecule has 0 saturated carbocycles. The summed E-state index contributed by atoms with van der Waals surface area (Å²) in [6.07, 6.45) is 5.37. The fourth-order valence-corrected chi connectivity index (χ4v) is 1.09. The number of hydrogen-bond acceptors (Lipinski definition) is 3. The molecule has 0 bridgehead atoms. The number of hydrogen-bond donors (Lipinski definition) is 1. The maximum absolute atomic E-state index is 5.43. The van der Waals surface area contributed by atoms with Gasteiger partial charge in [0, 0.05) is 18.9 Å². The van der Waals surface area contributed by atoms with Gasteiger partial charge in [-0.3, -0.25) is 4.98 Å². The van der Waals surface area contributed by atoms with Crippen molar-refractivity contribution >= 4 is 24.8 Å². The van der Waals surface area contributed by atoms with E-state index in [4.69, 9.17) is 5.73 Å². The Morgan fingerprint density at radius 2 is 2.07 bits per heavy atom. The van der Waals surface area contributed by atoms with Gasteiger partial charge in [-0.2, -0.15) is 5.10 Å². The molecule has 4 nitrogen and oxygen atoms in total. The topological polar surface area (TPSA) is 56.7 Å². The van der Waals surface area contributed by atoms with E-state index in [1.807, 2.05) is 24.4 Å². The van der Waals surface area contributed by atoms with Crippen molar-refractivity contribution in [2.75, 3.05) is 0 Å². The minimum Gasteiger partial charge on any atom is -0.325 e. The second-order valence-corrected chi connectivity index (χ2v) is 2.66. The molecular formula is C9H12Cl2N4. The molecule has 0 fully saturated rings. The van der Waals surface area contributed by atoms with E-state index in [2.05, 4.69) is 10.1 Å². The quantitative estimate of drug-likeness (QED) is 0.876. The van der Waals surface area contributed by atoms with Crippen LogP contribution in [0.15, 0.2) is 36.8 Å². The van der Waals surface area contributed by atoms with Crippen LogP contribution < -0.4 is 5.73 Å². The molecule has 0 aliphatic rings. The Morgan fingerprint density at radius 1 is 1.27 bits per heavy atom. The van der Waals surface area contributed by atoms with Crippen molar-refractivity contribution in [1.29, 1.82) is 0 Å². The Hall–Kier alpha value is -1.10. The average Bonchev–Trinajstić information content (AvgIpc) is 2.71. The number of nitrogens with two attached hydrogens (primary N) is 1. The summed E-state index contributed by atoms with van der Waals surface area (Å²) in [5, 5.41) is 4.09. The van der Waals surface area contributed by atoms with E-state index < -0.39 is 0 Å². The molecular weight excluding hydrogens is 235 g/mol. The summed E-state index contributed by atoms with van der Waals surface area (Å²) in [5.74, 6) is 0. The van der Waals surface area contributed by atoms with Gasteiger partial charge < -0.3 is 5.73 Å². The highest BCUT2D eigenvalue weighted by Gasteiger charge is 1.95. The minimum absolute atomic E-state index is 0. The first-order valence-corrected chi connectivity index (χ1v) is 4.05. The Labute approximate surface area is 100 Å². The van der Waals surface area contributed by atoms with Gasteiger partial charge >= 0.3 is 0 Å². The largest absolute Gasteiger partial charge is 0.325 e. The van der Waals surface area contributed by atoms with Crippen molar-refractivity contribution < 1.29 is 0 Å². The molecule has 0 aliphatic carbocycles. The number of aromatic nitrogens is 3. The van der Waals surface area contributed by atoms with Crippen LogP contribution in [0.3, 0.4) is 0 Å². The van der Waals surface area contributed by atoms with Gasteiger partial charge in [0.2, 0.25) is 0 Å². The molecule has 2 heterocycles. The van der Waals surface area contributed by atoms with Crippen LogP contribution in [0.2, 0.25) is 0 Å². The molecule has 0 saturated heterocycles. The first kappa shape index (κ1) is 13.9. The summed E-state index contributed by atoms with van der Waals surface area (Å²) in [5.41, 5.74) is 7.27. The van der Waals surface area contributed by atoms with Gasteiger partial charge in [-0.15, -0.1) is 24.8 Å². The summed E-state index contributed by atoms with van der Waals surface area (Å²) >= 11 is 0. The zero-order chi connectivity index (χ0) is 9.10. The van der Waals surface area contributed by atoms with Gasteiger partial charge in [-0.25, -0.2) is 4.68 Å². The Kier molecular flexibility index (Phi) is 5.93. The molecule has 82 valence electrons. The highest BCUT2D eigenvalue weighted by atomic mass is 35.5. The lowest BCUT2D eigenvalue weighted by Gasteiger charge is -2.00. The van der Waals surface area contributed by atoms with Crippen LogP contribution in [0.5, 0.6) is 0 Å². The lowest BCUT2D eigenvalue weighted by atomic mass is 10.3. The lowest BCUT2D eigenvalue weighted by molar-refractivity contribution is 0.865. The first-order chi connectivity index (χ1) is 6.40. The summed E-state index contributed by atoms with van der Waals surface area (Å²) in [6, 6.07) is 5.72. The maximum Gasteiger partial charge on any atom is 0.0828 e. The number of rotatable bonds is 2. The predicted octanol–water partition coefficient (Wildman–Crippen LogP) is 1.57. The zero-order valence-corrected chi connectivity index (χ0v) is 9.54. The van der Waals surface area contributed by atoms with E-state index in [1.165, 1.54) is 0 Å². The fourth-order valence-electron chi connectivity index (χ4n) is 1.09. The third kappa shape index (κ3) is 3.20. The van der Waals surface area contributed by atoms with Crippen molar-refractivity contribution in [3.8, 4) is 5.69 Å². The normalized spacial score (nSPS) is 8.87. The van der Waals surface area contributed by atoms with Crippen LogP contribution >= 0.6 is 24.8 Å². The molecule has 0 unspecified atom stereocenters. The molecule has 0 aliphatic heterocycles. The van der Waals surface area contributed by atoms with Crippen molar-refractivity contribution in [1.82, 2.24) is 14.8 Å². The van der Waals surface area contributed by atoms with Gasteiger partial charge in [-0.05, 0) is 18.2 Å². The average molecular weight is 247 g/mol. The van der Waals surface area contributed by atoms with Crippen LogP contribution in [-0.4, -0.2) is 14.8 Å². The molecule has 0 amide bonds. The molecule has 6 heteroatoms. The molecule has 2 rings (SSSR count). The molecule has 2 aromatic heterocycles. The molecule has 0 atom stereocenters. The van der Waals surface area contributed by atoms with Gasteiger partial charge in [-0.1, -0.05) is 0 Å². The molecule has 15 heavy (non-hydrogen) atoms. The van der Waals surface area contributed by atoms with Gasteiger partial charge in [0.1, 0.15) is 0 Å². The van der Waals surface area contributed by atoms with Gasteiger partial charge in [0.15, 0.2) is 0 Å². The SMILES string of the molecule is Cl.Cl.NCc1ccc(-n2cccn2)cn1. The smallest absolute Gasteiger partial charge is 0.0828 e. The van der Waals surface area contributed by atoms with Crippen molar-refractivity contribution in [3.05, 3.63) is 42.5 Å². The standard InChI is InChI=1S/C9H10N4.2ClH/c10-6-8-2-3-9(7-11-8)13-5-1-4-12-13;;/h1-5,7H,6,10H2;2*1H. The second-order valence-electron chi connectivity index (χ2n) is 2.66. The van der Waals surface area contributed by atoms with Crippen LogP contribution in [0, 0.1) is 0 Å². The molecule has 2 aromatic rings. The Bertz CT molecular complexity index is 372. The van der Waals surface area contributed by atoms with Crippen LogP contribution in [-0.2, 0) is 6.54 Å². The zero-order valence-electron chi connectivity index (χ0n) is 7.91. The summed E-state index contributed by atoms with van der Waals surface area (Å²) in [6.45, 7) is 0.472. The molecule has 0 spiro atoms. The van der Waals surface area contributed by atoms with Crippen molar-refractivity contribution in [2.45, 2.75) is 6.54 Å². The van der Waals surface area contributed by atoms with Crippen LogP contribution in [0.4, 0.5) is 0 Å². The first-order valence-electron chi connectivity index (χ1n) is 4.05. The van der Waals surface area contributed by atoms with Gasteiger partial charge in [0.25, 0.3) is 0 Å². The highest BCUT2D eigenvalue weighted by molar-refractivity contribution is 5.85.